The van der Waals surface area contributed by atoms with E-state index in [-0.39, 0.29) is 0 Å². The van der Waals surface area contributed by atoms with E-state index in [1.807, 2.05) is 12.1 Å². The molecule has 0 saturated carbocycles. The number of anilines is 1. The molecule has 0 atom stereocenters. The molecule has 1 N–H and O–H groups in total. The van der Waals surface area contributed by atoms with Crippen LogP contribution in [0.5, 0.6) is 0 Å². The molecule has 2 aromatic heterocycles. The number of furan rings is 1. The van der Waals surface area contributed by atoms with Crippen molar-refractivity contribution in [3.8, 4) is 6.07 Å². The first kappa shape index (κ1) is 10.2. The molecule has 2 rings (SSSR count). The second kappa shape index (κ2) is 4.94. The summed E-state index contributed by atoms with van der Waals surface area (Å²) in [7, 11) is 0. The molecule has 16 heavy (non-hydrogen) atoms. The second-order valence-corrected chi connectivity index (χ2v) is 3.16. The maximum absolute atomic E-state index is 8.83. The highest BCUT2D eigenvalue weighted by molar-refractivity contribution is 5.50. The summed E-state index contributed by atoms with van der Waals surface area (Å²) in [4.78, 5) is 0. The fourth-order valence-corrected chi connectivity index (χ4v) is 1.31. The van der Waals surface area contributed by atoms with E-state index < -0.39 is 0 Å². The van der Waals surface area contributed by atoms with E-state index in [1.165, 1.54) is 6.20 Å². The van der Waals surface area contributed by atoms with Crippen LogP contribution in [-0.2, 0) is 6.42 Å². The Morgan fingerprint density at radius 1 is 1.44 bits per heavy atom. The average Bonchev–Trinajstić information content (AvgIpc) is 2.83. The normalized spacial score (nSPS) is 9.69. The third-order valence-corrected chi connectivity index (χ3v) is 2.09. The van der Waals surface area contributed by atoms with Gasteiger partial charge < -0.3 is 9.73 Å². The molecule has 5 nitrogen and oxygen atoms in total. The molecular formula is C11H10N4O. The summed E-state index contributed by atoms with van der Waals surface area (Å²) in [5.41, 5.74) is 0.495. The van der Waals surface area contributed by atoms with Crippen LogP contribution in [0.1, 0.15) is 11.3 Å². The Bertz CT molecular complexity index is 487. The summed E-state index contributed by atoms with van der Waals surface area (Å²) in [6.45, 7) is 0.654. The maximum atomic E-state index is 8.83. The van der Waals surface area contributed by atoms with E-state index in [0.717, 1.165) is 12.2 Å². The van der Waals surface area contributed by atoms with Crippen LogP contribution in [0, 0.1) is 11.3 Å². The van der Waals surface area contributed by atoms with Gasteiger partial charge in [0.15, 0.2) is 5.82 Å². The lowest BCUT2D eigenvalue weighted by Gasteiger charge is -2.04. The lowest BCUT2D eigenvalue weighted by Crippen LogP contribution is -2.08. The molecule has 80 valence electrons. The van der Waals surface area contributed by atoms with Crippen molar-refractivity contribution in [3.63, 3.8) is 0 Å². The molecule has 0 aliphatic rings. The number of rotatable bonds is 4. The van der Waals surface area contributed by atoms with Crippen LogP contribution < -0.4 is 5.32 Å². The van der Waals surface area contributed by atoms with Gasteiger partial charge in [-0.3, -0.25) is 0 Å². The molecule has 5 heteroatoms. The highest BCUT2D eigenvalue weighted by Crippen LogP contribution is 2.08. The van der Waals surface area contributed by atoms with Crippen LogP contribution in [0.3, 0.4) is 0 Å². The van der Waals surface area contributed by atoms with Gasteiger partial charge in [-0.25, -0.2) is 0 Å². The Morgan fingerprint density at radius 2 is 2.38 bits per heavy atom. The molecule has 0 aliphatic carbocycles. The van der Waals surface area contributed by atoms with Crippen molar-refractivity contribution in [2.75, 3.05) is 11.9 Å². The predicted octanol–water partition coefficient (Wildman–Crippen LogP) is 1.60. The van der Waals surface area contributed by atoms with Gasteiger partial charge in [-0.1, -0.05) is 0 Å². The second-order valence-electron chi connectivity index (χ2n) is 3.16. The summed E-state index contributed by atoms with van der Waals surface area (Å²) in [6.07, 6.45) is 3.88. The van der Waals surface area contributed by atoms with Gasteiger partial charge in [-0.15, -0.1) is 5.10 Å². The van der Waals surface area contributed by atoms with Crippen LogP contribution in [0.25, 0.3) is 0 Å². The molecule has 0 fully saturated rings. The van der Waals surface area contributed by atoms with Crippen LogP contribution in [0.15, 0.2) is 35.1 Å². The first-order valence-corrected chi connectivity index (χ1v) is 4.88. The maximum Gasteiger partial charge on any atom is 0.166 e. The molecule has 0 unspecified atom stereocenters. The molecule has 0 spiro atoms. The quantitative estimate of drug-likeness (QED) is 0.836. The molecule has 0 saturated heterocycles. The van der Waals surface area contributed by atoms with E-state index in [0.29, 0.717) is 17.9 Å². The lowest BCUT2D eigenvalue weighted by atomic mass is 10.3. The van der Waals surface area contributed by atoms with Gasteiger partial charge >= 0.3 is 0 Å². The molecule has 2 aromatic rings. The molecule has 0 aliphatic heterocycles. The molecule has 0 aromatic carbocycles. The largest absolute Gasteiger partial charge is 0.469 e. The first-order chi connectivity index (χ1) is 7.90. The fourth-order valence-electron chi connectivity index (χ4n) is 1.31. The van der Waals surface area contributed by atoms with E-state index in [4.69, 9.17) is 9.68 Å². The summed E-state index contributed by atoms with van der Waals surface area (Å²) < 4.78 is 5.19. The van der Waals surface area contributed by atoms with Crippen molar-refractivity contribution < 1.29 is 4.42 Å². The Hall–Kier alpha value is -2.35. The molecule has 0 radical (unpaired) electrons. The minimum Gasteiger partial charge on any atom is -0.469 e. The zero-order valence-electron chi connectivity index (χ0n) is 8.55. The van der Waals surface area contributed by atoms with Gasteiger partial charge in [0, 0.05) is 13.0 Å². The first-order valence-electron chi connectivity index (χ1n) is 4.88. The van der Waals surface area contributed by atoms with Crippen LogP contribution in [0.4, 0.5) is 5.82 Å². The highest BCUT2D eigenvalue weighted by Gasteiger charge is 2.02. The van der Waals surface area contributed by atoms with Crippen LogP contribution in [0.2, 0.25) is 0 Å². The Morgan fingerprint density at radius 3 is 3.12 bits per heavy atom. The monoisotopic (exact) mass is 214 g/mol. The number of aromatic nitrogens is 2. The van der Waals surface area contributed by atoms with Gasteiger partial charge in [0.25, 0.3) is 0 Å². The van der Waals surface area contributed by atoms with Crippen molar-refractivity contribution in [1.82, 2.24) is 10.2 Å². The van der Waals surface area contributed by atoms with Crippen molar-refractivity contribution >= 4 is 5.82 Å². The van der Waals surface area contributed by atoms with E-state index in [2.05, 4.69) is 21.6 Å². The van der Waals surface area contributed by atoms with Crippen molar-refractivity contribution in [3.05, 3.63) is 42.0 Å². The number of hydrogen-bond acceptors (Lipinski definition) is 5. The van der Waals surface area contributed by atoms with Gasteiger partial charge in [0.2, 0.25) is 0 Å². The van der Waals surface area contributed by atoms with Crippen LogP contribution >= 0.6 is 0 Å². The topological polar surface area (TPSA) is 74.7 Å². The minimum atomic E-state index is 0.495. The Labute approximate surface area is 92.7 Å². The summed E-state index contributed by atoms with van der Waals surface area (Å²) in [6, 6.07) is 7.43. The molecule has 0 bridgehead atoms. The number of hydrogen-bond donors (Lipinski definition) is 1. The fraction of sp³-hybridized carbons (Fsp3) is 0.182. The van der Waals surface area contributed by atoms with Crippen molar-refractivity contribution in [2.24, 2.45) is 0 Å². The minimum absolute atomic E-state index is 0.495. The van der Waals surface area contributed by atoms with E-state index in [9.17, 15) is 0 Å². The number of nitrogens with zero attached hydrogens (tertiary/aromatic N) is 3. The van der Waals surface area contributed by atoms with Gasteiger partial charge in [0.1, 0.15) is 11.8 Å². The number of nitriles is 1. The molecular weight excluding hydrogens is 204 g/mol. The number of nitrogens with one attached hydrogen (secondary N) is 1. The molecule has 0 amide bonds. The SMILES string of the molecule is N#Cc1ccnnc1NCCc1ccco1. The Kier molecular flexibility index (Phi) is 3.14. The summed E-state index contributed by atoms with van der Waals surface area (Å²) in [5.74, 6) is 1.41. The van der Waals surface area contributed by atoms with E-state index >= 15 is 0 Å². The van der Waals surface area contributed by atoms with E-state index in [1.54, 1.807) is 12.3 Å². The smallest absolute Gasteiger partial charge is 0.166 e. The summed E-state index contributed by atoms with van der Waals surface area (Å²) >= 11 is 0. The summed E-state index contributed by atoms with van der Waals surface area (Å²) in [5, 5.41) is 19.4. The Balaban J connectivity index is 1.93. The average molecular weight is 214 g/mol. The predicted molar refractivity (Wildman–Crippen MR) is 57.6 cm³/mol. The third-order valence-electron chi connectivity index (χ3n) is 2.09. The standard InChI is InChI=1S/C11H10N4O/c12-8-9-3-6-14-15-11(9)13-5-4-10-2-1-7-16-10/h1-3,6-7H,4-5H2,(H,13,15). The van der Waals surface area contributed by atoms with Gasteiger partial charge in [-0.2, -0.15) is 10.4 Å². The third kappa shape index (κ3) is 2.36. The zero-order valence-corrected chi connectivity index (χ0v) is 8.55. The van der Waals surface area contributed by atoms with Crippen molar-refractivity contribution in [1.29, 1.82) is 5.26 Å². The van der Waals surface area contributed by atoms with Gasteiger partial charge in [0.05, 0.1) is 18.0 Å². The van der Waals surface area contributed by atoms with Crippen LogP contribution in [-0.4, -0.2) is 16.7 Å². The molecule has 2 heterocycles. The zero-order chi connectivity index (χ0) is 11.2. The lowest BCUT2D eigenvalue weighted by molar-refractivity contribution is 0.513. The van der Waals surface area contributed by atoms with Gasteiger partial charge in [-0.05, 0) is 18.2 Å². The highest BCUT2D eigenvalue weighted by atomic mass is 16.3. The van der Waals surface area contributed by atoms with Crippen molar-refractivity contribution in [2.45, 2.75) is 6.42 Å².